The Hall–Kier alpha value is -4.79. The number of nitrogens with zero attached hydrogens (tertiary/aromatic N) is 2. The lowest BCUT2D eigenvalue weighted by Gasteiger charge is -2.12. The predicted molar refractivity (Wildman–Crippen MR) is 143 cm³/mol. The maximum Gasteiger partial charge on any atom is 0.323 e. The van der Waals surface area contributed by atoms with E-state index in [1.165, 1.54) is 5.56 Å². The molecule has 0 saturated heterocycles. The summed E-state index contributed by atoms with van der Waals surface area (Å²) in [6.45, 7) is 3.89. The Kier molecular flexibility index (Phi) is 7.50. The van der Waals surface area contributed by atoms with Crippen molar-refractivity contribution in [2.75, 3.05) is 35.5 Å². The van der Waals surface area contributed by atoms with Crippen LogP contribution in [-0.2, 0) is 0 Å². The van der Waals surface area contributed by atoms with Crippen molar-refractivity contribution in [2.45, 2.75) is 13.8 Å². The number of anilines is 6. The molecule has 36 heavy (non-hydrogen) atoms. The number of hydrogen-bond donors (Lipinski definition) is 4. The molecular weight excluding hydrogens is 456 g/mol. The van der Waals surface area contributed by atoms with Crippen LogP contribution in [0.25, 0.3) is 0 Å². The fraction of sp³-hybridized carbons (Fsp3) is 0.148. The Bertz CT molecular complexity index is 1320. The van der Waals surface area contributed by atoms with E-state index in [1.54, 1.807) is 44.6 Å². The van der Waals surface area contributed by atoms with Crippen LogP contribution >= 0.6 is 0 Å². The molecule has 9 nitrogen and oxygen atoms in total. The summed E-state index contributed by atoms with van der Waals surface area (Å²) in [6.07, 6.45) is 0. The second-order valence-electron chi connectivity index (χ2n) is 8.06. The molecule has 2 amide bonds. The first-order valence-electron chi connectivity index (χ1n) is 11.3. The summed E-state index contributed by atoms with van der Waals surface area (Å²) in [7, 11) is 3.11. The van der Waals surface area contributed by atoms with Gasteiger partial charge in [-0.1, -0.05) is 17.7 Å². The minimum absolute atomic E-state index is 0.385. The monoisotopic (exact) mass is 484 g/mol. The van der Waals surface area contributed by atoms with Gasteiger partial charge in [0.05, 0.1) is 14.2 Å². The van der Waals surface area contributed by atoms with Gasteiger partial charge in [-0.25, -0.2) is 14.8 Å². The summed E-state index contributed by atoms with van der Waals surface area (Å²) in [5.74, 6) is 3.15. The van der Waals surface area contributed by atoms with E-state index in [2.05, 4.69) is 31.2 Å². The number of rotatable bonds is 8. The van der Waals surface area contributed by atoms with Crippen molar-refractivity contribution in [3.8, 4) is 11.5 Å². The van der Waals surface area contributed by atoms with Gasteiger partial charge in [0.25, 0.3) is 0 Å². The highest BCUT2D eigenvalue weighted by Gasteiger charge is 2.08. The summed E-state index contributed by atoms with van der Waals surface area (Å²) in [4.78, 5) is 21.4. The van der Waals surface area contributed by atoms with Crippen molar-refractivity contribution in [1.82, 2.24) is 9.97 Å². The van der Waals surface area contributed by atoms with Crippen LogP contribution in [0.2, 0.25) is 0 Å². The lowest BCUT2D eigenvalue weighted by Crippen LogP contribution is -2.19. The molecule has 0 aliphatic rings. The highest BCUT2D eigenvalue weighted by atomic mass is 16.5. The van der Waals surface area contributed by atoms with Gasteiger partial charge in [-0.3, -0.25) is 0 Å². The topological polar surface area (TPSA) is 109 Å². The molecular formula is C27H28N6O3. The zero-order chi connectivity index (χ0) is 25.5. The molecule has 3 aromatic carbocycles. The number of nitrogens with one attached hydrogen (secondary N) is 4. The zero-order valence-electron chi connectivity index (χ0n) is 20.5. The Morgan fingerprint density at radius 1 is 0.639 bits per heavy atom. The molecule has 1 heterocycles. The molecule has 4 aromatic rings. The van der Waals surface area contributed by atoms with Gasteiger partial charge in [-0.2, -0.15) is 0 Å². The van der Waals surface area contributed by atoms with Gasteiger partial charge < -0.3 is 30.7 Å². The minimum Gasteiger partial charge on any atom is -0.497 e. The van der Waals surface area contributed by atoms with Crippen molar-refractivity contribution in [2.24, 2.45) is 0 Å². The van der Waals surface area contributed by atoms with Crippen molar-refractivity contribution in [1.29, 1.82) is 0 Å². The van der Waals surface area contributed by atoms with Crippen molar-refractivity contribution in [3.63, 3.8) is 0 Å². The number of urea groups is 1. The van der Waals surface area contributed by atoms with Gasteiger partial charge in [0.1, 0.15) is 29.0 Å². The Morgan fingerprint density at radius 2 is 1.11 bits per heavy atom. The van der Waals surface area contributed by atoms with Crippen LogP contribution in [0.3, 0.4) is 0 Å². The van der Waals surface area contributed by atoms with E-state index in [0.29, 0.717) is 40.3 Å². The summed E-state index contributed by atoms with van der Waals surface area (Å²) in [5.41, 5.74) is 4.14. The van der Waals surface area contributed by atoms with Gasteiger partial charge in [0.2, 0.25) is 0 Å². The lowest BCUT2D eigenvalue weighted by molar-refractivity contribution is 0.262. The third-order valence-electron chi connectivity index (χ3n) is 5.19. The Balaban J connectivity index is 1.38. The first-order chi connectivity index (χ1) is 17.4. The van der Waals surface area contributed by atoms with E-state index in [-0.39, 0.29) is 6.03 Å². The number of benzene rings is 3. The number of hydrogen-bond acceptors (Lipinski definition) is 7. The summed E-state index contributed by atoms with van der Waals surface area (Å²) in [6, 6.07) is 22.0. The largest absolute Gasteiger partial charge is 0.497 e. The average molecular weight is 485 g/mol. The molecule has 0 unspecified atom stereocenters. The fourth-order valence-electron chi connectivity index (χ4n) is 3.44. The maximum atomic E-state index is 12.5. The summed E-state index contributed by atoms with van der Waals surface area (Å²) >= 11 is 0. The number of aromatic nitrogens is 2. The zero-order valence-corrected chi connectivity index (χ0v) is 20.5. The molecule has 9 heteroatoms. The van der Waals surface area contributed by atoms with Crippen molar-refractivity contribution < 1.29 is 14.3 Å². The third kappa shape index (κ3) is 6.63. The van der Waals surface area contributed by atoms with Crippen molar-refractivity contribution in [3.05, 3.63) is 84.2 Å². The van der Waals surface area contributed by atoms with Crippen LogP contribution in [0, 0.1) is 13.8 Å². The summed E-state index contributed by atoms with van der Waals surface area (Å²) in [5, 5.41) is 12.2. The van der Waals surface area contributed by atoms with Gasteiger partial charge in [0, 0.05) is 47.0 Å². The van der Waals surface area contributed by atoms with E-state index >= 15 is 0 Å². The van der Waals surface area contributed by atoms with Gasteiger partial charge in [-0.05, 0) is 50.2 Å². The van der Waals surface area contributed by atoms with E-state index in [0.717, 1.165) is 11.4 Å². The standard InChI is InChI=1S/C27H28N6O3/c1-17-5-7-19(8-6-17)30-25-16-26(29-18(2)28-25)31-20-9-11-21(12-10-20)32-27(34)33-22-13-23(35-3)15-24(14-22)36-4/h5-16H,1-4H3,(H2,32,33,34)(H2,28,29,30,31). The third-order valence-corrected chi connectivity index (χ3v) is 5.19. The smallest absolute Gasteiger partial charge is 0.323 e. The van der Waals surface area contributed by atoms with Crippen molar-refractivity contribution >= 4 is 40.4 Å². The first kappa shape index (κ1) is 24.3. The number of amides is 2. The van der Waals surface area contributed by atoms with E-state index in [4.69, 9.17) is 9.47 Å². The van der Waals surface area contributed by atoms with Crippen LogP contribution in [0.4, 0.5) is 39.2 Å². The number of ether oxygens (including phenoxy) is 2. The highest BCUT2D eigenvalue weighted by Crippen LogP contribution is 2.26. The molecule has 184 valence electrons. The number of methoxy groups -OCH3 is 2. The minimum atomic E-state index is -0.385. The van der Waals surface area contributed by atoms with Crippen LogP contribution in [-0.4, -0.2) is 30.2 Å². The Labute approximate surface area is 209 Å². The van der Waals surface area contributed by atoms with Crippen LogP contribution in [0.15, 0.2) is 72.8 Å². The predicted octanol–water partition coefficient (Wildman–Crippen LogP) is 6.24. The maximum absolute atomic E-state index is 12.5. The van der Waals surface area contributed by atoms with E-state index in [9.17, 15) is 4.79 Å². The number of aryl methyl sites for hydroxylation is 2. The average Bonchev–Trinajstić information content (AvgIpc) is 2.86. The molecule has 0 aliphatic heterocycles. The molecule has 4 N–H and O–H groups in total. The van der Waals surface area contributed by atoms with E-state index < -0.39 is 0 Å². The fourth-order valence-corrected chi connectivity index (χ4v) is 3.44. The van der Waals surface area contributed by atoms with Crippen LogP contribution in [0.5, 0.6) is 11.5 Å². The molecule has 0 bridgehead atoms. The SMILES string of the molecule is COc1cc(NC(=O)Nc2ccc(Nc3cc(Nc4ccc(C)cc4)nc(C)n3)cc2)cc(OC)c1. The summed E-state index contributed by atoms with van der Waals surface area (Å²) < 4.78 is 10.5. The Morgan fingerprint density at radius 3 is 1.64 bits per heavy atom. The molecule has 1 aromatic heterocycles. The number of carbonyl (C=O) groups excluding carboxylic acids is 1. The first-order valence-corrected chi connectivity index (χ1v) is 11.3. The van der Waals surface area contributed by atoms with Crippen LogP contribution < -0.4 is 30.7 Å². The molecule has 0 fully saturated rings. The molecule has 0 atom stereocenters. The highest BCUT2D eigenvalue weighted by molar-refractivity contribution is 6.00. The normalized spacial score (nSPS) is 10.3. The molecule has 0 saturated carbocycles. The van der Waals surface area contributed by atoms with Gasteiger partial charge in [0.15, 0.2) is 0 Å². The van der Waals surface area contributed by atoms with Crippen LogP contribution in [0.1, 0.15) is 11.4 Å². The second-order valence-corrected chi connectivity index (χ2v) is 8.06. The van der Waals surface area contributed by atoms with Gasteiger partial charge in [-0.15, -0.1) is 0 Å². The second kappa shape index (κ2) is 11.1. The molecule has 0 aliphatic carbocycles. The van der Waals surface area contributed by atoms with Gasteiger partial charge >= 0.3 is 6.03 Å². The van der Waals surface area contributed by atoms with E-state index in [1.807, 2.05) is 56.3 Å². The number of carbonyl (C=O) groups is 1. The molecule has 0 spiro atoms. The lowest BCUT2D eigenvalue weighted by atomic mass is 10.2. The molecule has 4 rings (SSSR count). The molecule has 0 radical (unpaired) electrons. The quantitative estimate of drug-likeness (QED) is 0.234.